The highest BCUT2D eigenvalue weighted by atomic mass is 32.1. The minimum absolute atomic E-state index is 0.829. The van der Waals surface area contributed by atoms with E-state index in [1.54, 1.807) is 11.3 Å². The van der Waals surface area contributed by atoms with Crippen LogP contribution in [0.5, 0.6) is 0 Å². The number of nitrogens with two attached hydrogens (primary N) is 1. The summed E-state index contributed by atoms with van der Waals surface area (Å²) in [6.45, 7) is 4.14. The van der Waals surface area contributed by atoms with Gasteiger partial charge >= 0.3 is 0 Å². The molecule has 0 saturated carbocycles. The van der Waals surface area contributed by atoms with E-state index in [1.165, 1.54) is 15.8 Å². The number of aromatic nitrogens is 1. The highest BCUT2D eigenvalue weighted by molar-refractivity contribution is 7.21. The third-order valence-electron chi connectivity index (χ3n) is 3.57. The molecule has 102 valence electrons. The SMILES string of the molecule is Cc1cc2nc3cc(C)c(=[N+](C)C)cc-3sc2cc1N. The number of fused-ring (bicyclic) bond motifs is 2. The lowest BCUT2D eigenvalue weighted by molar-refractivity contribution is 0.806. The van der Waals surface area contributed by atoms with E-state index < -0.39 is 0 Å². The van der Waals surface area contributed by atoms with Crippen LogP contribution in [0.3, 0.4) is 0 Å². The van der Waals surface area contributed by atoms with Crippen molar-refractivity contribution < 1.29 is 0 Å². The van der Waals surface area contributed by atoms with Crippen molar-refractivity contribution in [3.05, 3.63) is 40.7 Å². The third-order valence-corrected chi connectivity index (χ3v) is 4.66. The Labute approximate surface area is 122 Å². The monoisotopic (exact) mass is 284 g/mol. The topological polar surface area (TPSA) is 41.9 Å². The number of hydrogen-bond donors (Lipinski definition) is 1. The summed E-state index contributed by atoms with van der Waals surface area (Å²) in [7, 11) is 4.13. The van der Waals surface area contributed by atoms with Crippen molar-refractivity contribution in [2.75, 3.05) is 19.8 Å². The molecule has 0 unspecified atom stereocenters. The maximum Gasteiger partial charge on any atom is 0.203 e. The zero-order chi connectivity index (χ0) is 14.4. The van der Waals surface area contributed by atoms with Crippen LogP contribution in [0.15, 0.2) is 24.3 Å². The van der Waals surface area contributed by atoms with Gasteiger partial charge in [-0.2, -0.15) is 0 Å². The van der Waals surface area contributed by atoms with Gasteiger partial charge in [0.15, 0.2) is 0 Å². The van der Waals surface area contributed by atoms with E-state index in [2.05, 4.69) is 43.8 Å². The molecule has 3 rings (SSSR count). The molecule has 0 amide bonds. The van der Waals surface area contributed by atoms with Crippen LogP contribution in [-0.4, -0.2) is 19.1 Å². The van der Waals surface area contributed by atoms with Crippen LogP contribution < -0.4 is 15.7 Å². The molecule has 1 aliphatic heterocycles. The van der Waals surface area contributed by atoms with Crippen molar-refractivity contribution >= 4 is 27.2 Å². The lowest BCUT2D eigenvalue weighted by Gasteiger charge is -2.09. The maximum absolute atomic E-state index is 6.00. The molecule has 2 aliphatic rings. The smallest absolute Gasteiger partial charge is 0.203 e. The maximum atomic E-state index is 6.00. The van der Waals surface area contributed by atoms with Gasteiger partial charge in [0.2, 0.25) is 5.36 Å². The zero-order valence-electron chi connectivity index (χ0n) is 12.2. The average Bonchev–Trinajstić information content (AvgIpc) is 2.37. The molecule has 0 bridgehead atoms. The van der Waals surface area contributed by atoms with Gasteiger partial charge < -0.3 is 5.73 Å². The Bertz CT molecular complexity index is 858. The molecule has 0 fully saturated rings. The summed E-state index contributed by atoms with van der Waals surface area (Å²) in [5, 5.41) is 1.23. The molecule has 0 aromatic heterocycles. The number of benzene rings is 2. The molecular formula is C16H18N3S+. The Morgan fingerprint density at radius 2 is 1.80 bits per heavy atom. The summed E-state index contributed by atoms with van der Waals surface area (Å²) >= 11 is 1.75. The molecule has 1 aromatic rings. The minimum Gasteiger partial charge on any atom is -0.398 e. The van der Waals surface area contributed by atoms with Gasteiger partial charge in [-0.1, -0.05) is 0 Å². The van der Waals surface area contributed by atoms with Crippen molar-refractivity contribution in [2.24, 2.45) is 0 Å². The fourth-order valence-electron chi connectivity index (χ4n) is 2.42. The first-order valence-corrected chi connectivity index (χ1v) is 7.39. The highest BCUT2D eigenvalue weighted by Crippen LogP contribution is 2.32. The summed E-state index contributed by atoms with van der Waals surface area (Å²) in [5.41, 5.74) is 11.2. The van der Waals surface area contributed by atoms with Gasteiger partial charge in [-0.25, -0.2) is 9.56 Å². The molecule has 1 aromatic carbocycles. The van der Waals surface area contributed by atoms with Crippen molar-refractivity contribution in [1.29, 1.82) is 0 Å². The largest absolute Gasteiger partial charge is 0.398 e. The molecule has 4 heteroatoms. The molecule has 0 radical (unpaired) electrons. The second-order valence-corrected chi connectivity index (χ2v) is 6.48. The molecule has 2 N–H and O–H groups in total. The van der Waals surface area contributed by atoms with Gasteiger partial charge in [0.05, 0.1) is 20.8 Å². The van der Waals surface area contributed by atoms with Gasteiger partial charge in [0.1, 0.15) is 14.1 Å². The van der Waals surface area contributed by atoms with Gasteiger partial charge in [-0.15, -0.1) is 11.3 Å². The zero-order valence-corrected chi connectivity index (χ0v) is 13.0. The molecule has 0 atom stereocenters. The first kappa shape index (κ1) is 13.1. The molecular weight excluding hydrogens is 266 g/mol. The van der Waals surface area contributed by atoms with Crippen molar-refractivity contribution in [3.8, 4) is 10.6 Å². The van der Waals surface area contributed by atoms with Gasteiger partial charge in [0, 0.05) is 17.3 Å². The van der Waals surface area contributed by atoms with Crippen molar-refractivity contribution in [3.63, 3.8) is 0 Å². The van der Waals surface area contributed by atoms with Crippen LogP contribution in [0.2, 0.25) is 0 Å². The number of nitrogens with zero attached hydrogens (tertiary/aromatic N) is 2. The predicted molar refractivity (Wildman–Crippen MR) is 87.2 cm³/mol. The number of anilines is 1. The standard InChI is InChI=1S/C16H17N3S/c1-9-5-12-15(7-11(9)17)20-16-8-14(19(3)4)10(2)6-13(16)18-12/h5-8,17H,1-4H3/p+1. The van der Waals surface area contributed by atoms with Crippen LogP contribution in [0, 0.1) is 13.8 Å². The van der Waals surface area contributed by atoms with E-state index in [0.29, 0.717) is 0 Å². The lowest BCUT2D eigenvalue weighted by Crippen LogP contribution is -2.24. The Morgan fingerprint density at radius 3 is 2.50 bits per heavy atom. The van der Waals surface area contributed by atoms with Crippen LogP contribution in [-0.2, 0) is 0 Å². The van der Waals surface area contributed by atoms with E-state index in [0.717, 1.165) is 27.2 Å². The average molecular weight is 284 g/mol. The van der Waals surface area contributed by atoms with Gasteiger partial charge in [-0.05, 0) is 37.6 Å². The highest BCUT2D eigenvalue weighted by Gasteiger charge is 2.12. The van der Waals surface area contributed by atoms with Crippen LogP contribution >= 0.6 is 11.3 Å². The van der Waals surface area contributed by atoms with Gasteiger partial charge in [-0.3, -0.25) is 0 Å². The summed E-state index contributed by atoms with van der Waals surface area (Å²) in [6, 6.07) is 8.46. The van der Waals surface area contributed by atoms with E-state index in [4.69, 9.17) is 10.7 Å². The summed E-state index contributed by atoms with van der Waals surface area (Å²) < 4.78 is 3.27. The molecule has 0 spiro atoms. The Hall–Kier alpha value is -1.94. The van der Waals surface area contributed by atoms with Crippen LogP contribution in [0.1, 0.15) is 11.1 Å². The molecule has 1 heterocycles. The first-order valence-electron chi connectivity index (χ1n) is 6.57. The van der Waals surface area contributed by atoms with E-state index >= 15 is 0 Å². The fraction of sp³-hybridized carbons (Fsp3) is 0.250. The van der Waals surface area contributed by atoms with E-state index in [-0.39, 0.29) is 0 Å². The number of nitrogen functional groups attached to an aromatic ring is 1. The second-order valence-electron chi connectivity index (χ2n) is 5.39. The van der Waals surface area contributed by atoms with Crippen molar-refractivity contribution in [2.45, 2.75) is 13.8 Å². The Kier molecular flexibility index (Phi) is 2.98. The molecule has 1 aliphatic carbocycles. The molecule has 3 nitrogen and oxygen atoms in total. The molecule has 20 heavy (non-hydrogen) atoms. The third kappa shape index (κ3) is 2.06. The Balaban J connectivity index is 2.44. The number of hydrogen-bond acceptors (Lipinski definition) is 3. The first-order chi connectivity index (χ1) is 9.45. The number of aryl methyl sites for hydroxylation is 2. The van der Waals surface area contributed by atoms with E-state index in [9.17, 15) is 0 Å². The molecule has 0 saturated heterocycles. The summed E-state index contributed by atoms with van der Waals surface area (Å²) in [4.78, 5) is 5.97. The predicted octanol–water partition coefficient (Wildman–Crippen LogP) is 2.63. The van der Waals surface area contributed by atoms with Gasteiger partial charge in [0.25, 0.3) is 0 Å². The normalized spacial score (nSPS) is 11.2. The Morgan fingerprint density at radius 1 is 1.05 bits per heavy atom. The van der Waals surface area contributed by atoms with E-state index in [1.807, 2.05) is 13.0 Å². The van der Waals surface area contributed by atoms with Crippen LogP contribution in [0.4, 0.5) is 5.69 Å². The lowest BCUT2D eigenvalue weighted by atomic mass is 10.1. The summed E-state index contributed by atoms with van der Waals surface area (Å²) in [6.07, 6.45) is 0. The quantitative estimate of drug-likeness (QED) is 0.392. The van der Waals surface area contributed by atoms with Crippen LogP contribution in [0.25, 0.3) is 20.8 Å². The van der Waals surface area contributed by atoms with Crippen molar-refractivity contribution in [1.82, 2.24) is 9.56 Å². The summed E-state index contributed by atoms with van der Waals surface area (Å²) in [5.74, 6) is 0. The minimum atomic E-state index is 0.829. The second kappa shape index (κ2) is 4.56. The fourth-order valence-corrected chi connectivity index (χ4v) is 3.43. The number of rotatable bonds is 0.